The SMILES string of the molecule is C/C=C(\C=C(C)C)c1ccnc(CN(C)C(=O)/C=C\N(C=O)C2OC(CCO)C(O)C2O)c1. The van der Waals surface area contributed by atoms with E-state index in [2.05, 4.69) is 11.1 Å². The molecule has 0 radical (unpaired) electrons. The summed E-state index contributed by atoms with van der Waals surface area (Å²) in [6, 6.07) is 3.83. The van der Waals surface area contributed by atoms with Crippen molar-refractivity contribution in [1.29, 1.82) is 0 Å². The maximum atomic E-state index is 12.6. The zero-order chi connectivity index (χ0) is 24.5. The number of nitrogens with zero attached hydrogens (tertiary/aromatic N) is 3. The molecule has 1 saturated heterocycles. The fraction of sp³-hybridized carbons (Fsp3) is 0.458. The van der Waals surface area contributed by atoms with E-state index in [1.54, 1.807) is 13.2 Å². The van der Waals surface area contributed by atoms with Crippen LogP contribution in [0, 0.1) is 0 Å². The number of carbonyl (C=O) groups is 2. The van der Waals surface area contributed by atoms with Crippen molar-refractivity contribution in [1.82, 2.24) is 14.8 Å². The molecule has 180 valence electrons. The number of carbonyl (C=O) groups excluding carboxylic acids is 2. The Hall–Kier alpha value is -2.85. The minimum Gasteiger partial charge on any atom is -0.396 e. The summed E-state index contributed by atoms with van der Waals surface area (Å²) < 4.78 is 5.48. The molecule has 0 bridgehead atoms. The number of likely N-dealkylation sites (N-methyl/N-ethyl adjacent to an activating group) is 1. The molecule has 0 aliphatic carbocycles. The summed E-state index contributed by atoms with van der Waals surface area (Å²) in [7, 11) is 1.61. The van der Waals surface area contributed by atoms with E-state index in [9.17, 15) is 19.8 Å². The Bertz CT molecular complexity index is 909. The molecule has 33 heavy (non-hydrogen) atoms. The van der Waals surface area contributed by atoms with Gasteiger partial charge in [-0.3, -0.25) is 19.5 Å². The van der Waals surface area contributed by atoms with Gasteiger partial charge in [0.25, 0.3) is 0 Å². The number of aliphatic hydroxyl groups is 3. The summed E-state index contributed by atoms with van der Waals surface area (Å²) in [6.07, 6.45) is 4.10. The van der Waals surface area contributed by atoms with Gasteiger partial charge < -0.3 is 25.0 Å². The highest BCUT2D eigenvalue weighted by atomic mass is 16.6. The van der Waals surface area contributed by atoms with Gasteiger partial charge in [0.1, 0.15) is 12.2 Å². The first-order valence-electron chi connectivity index (χ1n) is 10.8. The number of hydrogen-bond donors (Lipinski definition) is 3. The highest BCUT2D eigenvalue weighted by molar-refractivity contribution is 5.87. The van der Waals surface area contributed by atoms with Crippen molar-refractivity contribution < 1.29 is 29.6 Å². The summed E-state index contributed by atoms with van der Waals surface area (Å²) in [5.41, 5.74) is 3.93. The molecule has 3 N–H and O–H groups in total. The molecule has 1 aliphatic heterocycles. The Morgan fingerprint density at radius 3 is 2.61 bits per heavy atom. The van der Waals surface area contributed by atoms with Crippen molar-refractivity contribution in [3.8, 4) is 0 Å². The highest BCUT2D eigenvalue weighted by Gasteiger charge is 2.44. The predicted molar refractivity (Wildman–Crippen MR) is 123 cm³/mol. The molecule has 1 aromatic rings. The van der Waals surface area contributed by atoms with Crippen molar-refractivity contribution in [2.75, 3.05) is 13.7 Å². The summed E-state index contributed by atoms with van der Waals surface area (Å²) in [4.78, 5) is 30.8. The van der Waals surface area contributed by atoms with Crippen molar-refractivity contribution in [2.45, 2.75) is 58.3 Å². The average molecular weight is 460 g/mol. The number of ether oxygens (including phenoxy) is 1. The minimum absolute atomic E-state index is 0.113. The molecule has 9 heteroatoms. The van der Waals surface area contributed by atoms with Crippen molar-refractivity contribution >= 4 is 17.9 Å². The van der Waals surface area contributed by atoms with Gasteiger partial charge in [0.2, 0.25) is 12.3 Å². The molecular weight excluding hydrogens is 426 g/mol. The molecule has 2 amide bonds. The lowest BCUT2D eigenvalue weighted by molar-refractivity contribution is -0.132. The van der Waals surface area contributed by atoms with E-state index >= 15 is 0 Å². The molecule has 0 aromatic carbocycles. The maximum Gasteiger partial charge on any atom is 0.248 e. The molecule has 9 nitrogen and oxygen atoms in total. The van der Waals surface area contributed by atoms with Crippen LogP contribution in [-0.4, -0.2) is 80.6 Å². The highest BCUT2D eigenvalue weighted by Crippen LogP contribution is 2.25. The summed E-state index contributed by atoms with van der Waals surface area (Å²) in [5, 5.41) is 29.2. The second-order valence-electron chi connectivity index (χ2n) is 8.12. The topological polar surface area (TPSA) is 123 Å². The second kappa shape index (κ2) is 12.4. The van der Waals surface area contributed by atoms with Gasteiger partial charge in [0, 0.05) is 32.1 Å². The van der Waals surface area contributed by atoms with Crippen LogP contribution in [0.2, 0.25) is 0 Å². The molecule has 2 heterocycles. The van der Waals surface area contributed by atoms with E-state index in [0.29, 0.717) is 12.1 Å². The molecule has 4 unspecified atom stereocenters. The maximum absolute atomic E-state index is 12.6. The lowest BCUT2D eigenvalue weighted by atomic mass is 10.0. The van der Waals surface area contributed by atoms with Gasteiger partial charge in [-0.15, -0.1) is 0 Å². The van der Waals surface area contributed by atoms with Gasteiger partial charge >= 0.3 is 0 Å². The first-order valence-corrected chi connectivity index (χ1v) is 10.8. The first-order chi connectivity index (χ1) is 15.7. The van der Waals surface area contributed by atoms with Gasteiger partial charge in [0.15, 0.2) is 6.23 Å². The van der Waals surface area contributed by atoms with Crippen LogP contribution in [0.5, 0.6) is 0 Å². The Balaban J connectivity index is 2.06. The smallest absolute Gasteiger partial charge is 0.248 e. The van der Waals surface area contributed by atoms with Crippen LogP contribution in [0.4, 0.5) is 0 Å². The van der Waals surface area contributed by atoms with Gasteiger partial charge in [-0.2, -0.15) is 0 Å². The van der Waals surface area contributed by atoms with Crippen molar-refractivity contribution in [3.63, 3.8) is 0 Å². The van der Waals surface area contributed by atoms with Crippen molar-refractivity contribution in [2.24, 2.45) is 0 Å². The normalized spacial score (nSPS) is 22.9. The van der Waals surface area contributed by atoms with Gasteiger partial charge in [-0.1, -0.05) is 17.7 Å². The number of aliphatic hydroxyl groups excluding tert-OH is 3. The Morgan fingerprint density at radius 1 is 1.27 bits per heavy atom. The van der Waals surface area contributed by atoms with Crippen LogP contribution in [0.3, 0.4) is 0 Å². The molecular formula is C24H33N3O6. The van der Waals surface area contributed by atoms with E-state index in [0.717, 1.165) is 16.0 Å². The lowest BCUT2D eigenvalue weighted by Crippen LogP contribution is -2.41. The van der Waals surface area contributed by atoms with E-state index < -0.39 is 24.5 Å². The molecule has 0 saturated carbocycles. The third kappa shape index (κ3) is 7.06. The Morgan fingerprint density at radius 2 is 2.00 bits per heavy atom. The number of hydrogen-bond acceptors (Lipinski definition) is 7. The van der Waals surface area contributed by atoms with Crippen LogP contribution in [0.1, 0.15) is 38.4 Å². The van der Waals surface area contributed by atoms with Crippen molar-refractivity contribution in [3.05, 3.63) is 59.6 Å². The van der Waals surface area contributed by atoms with E-state index in [-0.39, 0.29) is 25.5 Å². The monoisotopic (exact) mass is 459 g/mol. The number of aromatic nitrogens is 1. The summed E-state index contributed by atoms with van der Waals surface area (Å²) in [5.74, 6) is -0.385. The van der Waals surface area contributed by atoms with E-state index in [1.807, 2.05) is 39.0 Å². The molecule has 0 spiro atoms. The second-order valence-corrected chi connectivity index (χ2v) is 8.12. The third-order valence-electron chi connectivity index (χ3n) is 5.24. The minimum atomic E-state index is -1.36. The third-order valence-corrected chi connectivity index (χ3v) is 5.24. The van der Waals surface area contributed by atoms with E-state index in [1.165, 1.54) is 22.7 Å². The largest absolute Gasteiger partial charge is 0.396 e. The number of rotatable bonds is 10. The summed E-state index contributed by atoms with van der Waals surface area (Å²) in [6.45, 7) is 6.03. The molecule has 1 aliphatic rings. The van der Waals surface area contributed by atoms with Crippen LogP contribution in [-0.2, 0) is 20.9 Å². The van der Waals surface area contributed by atoms with Gasteiger partial charge in [-0.25, -0.2) is 0 Å². The van der Waals surface area contributed by atoms with Crippen LogP contribution in [0.15, 0.2) is 48.3 Å². The number of allylic oxidation sites excluding steroid dienone is 4. The fourth-order valence-corrected chi connectivity index (χ4v) is 3.51. The average Bonchev–Trinajstić information content (AvgIpc) is 3.06. The Labute approximate surface area is 194 Å². The van der Waals surface area contributed by atoms with Crippen LogP contribution >= 0.6 is 0 Å². The molecule has 4 atom stereocenters. The van der Waals surface area contributed by atoms with E-state index in [4.69, 9.17) is 9.84 Å². The Kier molecular flexibility index (Phi) is 9.93. The van der Waals surface area contributed by atoms with Crippen LogP contribution < -0.4 is 0 Å². The van der Waals surface area contributed by atoms with Gasteiger partial charge in [-0.05, 0) is 50.5 Å². The fourth-order valence-electron chi connectivity index (χ4n) is 3.51. The molecule has 1 aromatic heterocycles. The zero-order valence-corrected chi connectivity index (χ0v) is 19.5. The summed E-state index contributed by atoms with van der Waals surface area (Å²) >= 11 is 0. The molecule has 2 rings (SSSR count). The standard InChI is InChI=1S/C24H33N3O6/c1-5-17(12-16(2)3)18-6-9-25-19(13-18)14-26(4)21(30)7-10-27(15-29)24-23(32)22(31)20(33-24)8-11-28/h5-7,9-10,12-13,15,20,22-24,28,31-32H,8,11,14H2,1-4H3/b10-7-,17-5+. The number of pyridine rings is 1. The quantitative estimate of drug-likeness (QED) is 0.273. The van der Waals surface area contributed by atoms with Gasteiger partial charge in [0.05, 0.1) is 18.3 Å². The lowest BCUT2D eigenvalue weighted by Gasteiger charge is -2.23. The van der Waals surface area contributed by atoms with Crippen LogP contribution in [0.25, 0.3) is 5.57 Å². The number of amides is 2. The predicted octanol–water partition coefficient (Wildman–Crippen LogP) is 1.21. The molecule has 1 fully saturated rings. The first kappa shape index (κ1) is 26.4. The zero-order valence-electron chi connectivity index (χ0n) is 19.5.